The maximum Gasteiger partial charge on any atom is 0.511 e. The van der Waals surface area contributed by atoms with Gasteiger partial charge in [0, 0.05) is 24.3 Å². The summed E-state index contributed by atoms with van der Waals surface area (Å²) in [4.78, 5) is 24.3. The highest BCUT2D eigenvalue weighted by Crippen LogP contribution is 2.33. The predicted octanol–water partition coefficient (Wildman–Crippen LogP) is 5.67. The summed E-state index contributed by atoms with van der Waals surface area (Å²) in [6.07, 6.45) is -5.16. The van der Waals surface area contributed by atoms with Gasteiger partial charge in [-0.05, 0) is 62.2 Å². The van der Waals surface area contributed by atoms with Crippen molar-refractivity contribution < 1.29 is 51.2 Å². The summed E-state index contributed by atoms with van der Waals surface area (Å²) in [7, 11) is -3.75. The number of carboxylic acids is 1. The summed E-state index contributed by atoms with van der Waals surface area (Å²) in [6.45, 7) is 4.72. The summed E-state index contributed by atoms with van der Waals surface area (Å²) in [5.74, 6) is -2.72. The third-order valence-electron chi connectivity index (χ3n) is 6.45. The monoisotopic (exact) mass is 686 g/mol. The molecule has 0 radical (unpaired) electrons. The lowest BCUT2D eigenvalue weighted by atomic mass is 9.99. The van der Waals surface area contributed by atoms with Crippen molar-refractivity contribution in [1.29, 1.82) is 0 Å². The summed E-state index contributed by atoms with van der Waals surface area (Å²) >= 11 is 6.40. The highest BCUT2D eigenvalue weighted by molar-refractivity contribution is 7.92. The van der Waals surface area contributed by atoms with Gasteiger partial charge in [0.05, 0.1) is 28.4 Å². The van der Waals surface area contributed by atoms with E-state index in [9.17, 15) is 31.5 Å². The fraction of sp³-hybridized carbons (Fsp3) is 0.276. The number of aromatic nitrogens is 2. The zero-order valence-electron chi connectivity index (χ0n) is 24.3. The number of hydrogen-bond acceptors (Lipinski definition) is 8. The van der Waals surface area contributed by atoms with Gasteiger partial charge in [-0.2, -0.15) is 13.2 Å². The molecule has 46 heavy (non-hydrogen) atoms. The van der Waals surface area contributed by atoms with Crippen molar-refractivity contribution in [2.45, 2.75) is 49.5 Å². The molecule has 1 aromatic heterocycles. The van der Waals surface area contributed by atoms with Gasteiger partial charge in [-0.1, -0.05) is 41.9 Å². The van der Waals surface area contributed by atoms with Crippen LogP contribution in [-0.4, -0.2) is 63.7 Å². The zero-order chi connectivity index (χ0) is 34.3. The van der Waals surface area contributed by atoms with Crippen LogP contribution >= 0.6 is 11.6 Å². The Morgan fingerprint density at radius 1 is 1.04 bits per heavy atom. The largest absolute Gasteiger partial charge is 0.511 e. The Morgan fingerprint density at radius 2 is 1.70 bits per heavy atom. The van der Waals surface area contributed by atoms with Gasteiger partial charge in [0.2, 0.25) is 0 Å². The molecule has 248 valence electrons. The molecule has 4 aromatic rings. The van der Waals surface area contributed by atoms with E-state index in [0.717, 1.165) is 0 Å². The van der Waals surface area contributed by atoms with E-state index in [1.54, 1.807) is 54.9 Å². The summed E-state index contributed by atoms with van der Waals surface area (Å²) in [5.41, 5.74) is 1.68. The molecule has 0 aliphatic heterocycles. The van der Waals surface area contributed by atoms with Crippen molar-refractivity contribution in [3.05, 3.63) is 83.6 Å². The van der Waals surface area contributed by atoms with E-state index in [0.29, 0.717) is 35.2 Å². The minimum Gasteiger partial charge on any atom is -0.475 e. The van der Waals surface area contributed by atoms with Crippen LogP contribution < -0.4 is 14.8 Å². The molecular formula is C29H30ClF3N4O8S. The highest BCUT2D eigenvalue weighted by atomic mass is 35.5. The molecule has 3 aromatic carbocycles. The number of sulfonamides is 1. The number of alkyl halides is 3. The maximum atomic E-state index is 12.6. The Kier molecular flexibility index (Phi) is 11.6. The molecule has 12 nitrogen and oxygen atoms in total. The van der Waals surface area contributed by atoms with Crippen LogP contribution in [-0.2, 0) is 21.4 Å². The number of carboxylic acid groups (broad SMARTS) is 2. The summed E-state index contributed by atoms with van der Waals surface area (Å²) < 4.78 is 66.2. The van der Waals surface area contributed by atoms with Gasteiger partial charge in [0.15, 0.2) is 5.75 Å². The number of carbonyl (C=O) groups is 2. The normalized spacial score (nSPS) is 12.6. The van der Waals surface area contributed by atoms with Crippen molar-refractivity contribution in [2.24, 2.45) is 0 Å². The SMILES string of the molecule is CC(C)(CCn1cnc2ccc(OC(=O)O)c(Cl)c21)NC[C@H](O)c1cccc(NS(=O)(=O)c2ccccc2)c1.O=C(O)C(F)(F)F. The van der Waals surface area contributed by atoms with Gasteiger partial charge < -0.3 is 29.9 Å². The van der Waals surface area contributed by atoms with Crippen LogP contribution in [0, 0.1) is 0 Å². The van der Waals surface area contributed by atoms with E-state index in [2.05, 4.69) is 15.0 Å². The van der Waals surface area contributed by atoms with Crippen LogP contribution in [0.25, 0.3) is 11.0 Å². The number of aliphatic hydroxyl groups is 1. The average Bonchev–Trinajstić information content (AvgIpc) is 3.40. The standard InChI is InChI=1S/C27H29ClN4O6S.C2HF3O2/c1-27(2,13-14-32-17-29-21-11-12-23(38-26(34)35)24(28)25(21)32)30-16-22(33)18-7-6-8-19(15-18)31-39(36,37)20-9-4-3-5-10-20;3-2(4,5)1(6)7/h3-12,15,17,22,30-31,33H,13-14,16H2,1-2H3,(H,34,35);(H,6,7)/t22-;/m0./s1. The molecule has 4 rings (SSSR count). The summed E-state index contributed by atoms with van der Waals surface area (Å²) in [6, 6.07) is 17.8. The molecule has 0 bridgehead atoms. The molecule has 5 N–H and O–H groups in total. The minimum atomic E-state index is -5.08. The number of aliphatic hydroxyl groups excluding tert-OH is 1. The second-order valence-electron chi connectivity index (χ2n) is 10.4. The smallest absolute Gasteiger partial charge is 0.475 e. The number of halogens is 4. The number of aliphatic carboxylic acids is 1. The number of benzene rings is 3. The zero-order valence-corrected chi connectivity index (χ0v) is 25.9. The van der Waals surface area contributed by atoms with Crippen LogP contribution in [0.2, 0.25) is 5.02 Å². The van der Waals surface area contributed by atoms with Crippen molar-refractivity contribution in [2.75, 3.05) is 11.3 Å². The Labute approximate surface area is 266 Å². The Balaban J connectivity index is 0.000000738. The lowest BCUT2D eigenvalue weighted by molar-refractivity contribution is -0.192. The molecule has 0 fully saturated rings. The first-order chi connectivity index (χ1) is 21.4. The number of rotatable bonds is 11. The summed E-state index contributed by atoms with van der Waals surface area (Å²) in [5, 5.41) is 30.4. The molecule has 0 saturated heterocycles. The molecule has 0 unspecified atom stereocenters. The van der Waals surface area contributed by atoms with Gasteiger partial charge in [0.1, 0.15) is 5.02 Å². The number of β-amino-alcohol motifs (C(OH)–C–C–N with tert-alkyl or cyclic N) is 1. The van der Waals surface area contributed by atoms with E-state index < -0.39 is 40.0 Å². The van der Waals surface area contributed by atoms with E-state index in [4.69, 9.17) is 31.3 Å². The average molecular weight is 687 g/mol. The van der Waals surface area contributed by atoms with E-state index in [1.165, 1.54) is 18.2 Å². The molecule has 0 aliphatic carbocycles. The Bertz CT molecular complexity index is 1780. The molecule has 0 spiro atoms. The Morgan fingerprint density at radius 3 is 2.30 bits per heavy atom. The molecule has 0 amide bonds. The quantitative estimate of drug-likeness (QED) is 0.0974. The van der Waals surface area contributed by atoms with Crippen molar-refractivity contribution in [3.8, 4) is 5.75 Å². The van der Waals surface area contributed by atoms with Crippen molar-refractivity contribution >= 4 is 50.5 Å². The van der Waals surface area contributed by atoms with Gasteiger partial charge in [-0.3, -0.25) is 4.72 Å². The fourth-order valence-corrected chi connectivity index (χ4v) is 5.43. The van der Waals surface area contributed by atoms with E-state index >= 15 is 0 Å². The first-order valence-electron chi connectivity index (χ1n) is 13.3. The third kappa shape index (κ3) is 10.1. The second-order valence-corrected chi connectivity index (χ2v) is 12.5. The van der Waals surface area contributed by atoms with Crippen LogP contribution in [0.3, 0.4) is 0 Å². The number of aryl methyl sites for hydroxylation is 1. The topological polar surface area (TPSA) is 180 Å². The van der Waals surface area contributed by atoms with Crippen LogP contribution in [0.15, 0.2) is 78.0 Å². The van der Waals surface area contributed by atoms with Gasteiger partial charge >= 0.3 is 18.3 Å². The number of nitrogens with one attached hydrogen (secondary N) is 2. The molecule has 0 saturated carbocycles. The number of ether oxygens (including phenoxy) is 1. The minimum absolute atomic E-state index is 0.0345. The molecule has 1 heterocycles. The van der Waals surface area contributed by atoms with Crippen molar-refractivity contribution in [3.63, 3.8) is 0 Å². The highest BCUT2D eigenvalue weighted by Gasteiger charge is 2.38. The first kappa shape index (κ1) is 36.1. The first-order valence-corrected chi connectivity index (χ1v) is 15.2. The Hall–Kier alpha value is -4.38. The molecular weight excluding hydrogens is 657 g/mol. The van der Waals surface area contributed by atoms with E-state index in [-0.39, 0.29) is 22.2 Å². The maximum absolute atomic E-state index is 12.6. The molecule has 17 heteroatoms. The third-order valence-corrected chi connectivity index (χ3v) is 8.21. The predicted molar refractivity (Wildman–Crippen MR) is 162 cm³/mol. The fourth-order valence-electron chi connectivity index (χ4n) is 4.05. The van der Waals surface area contributed by atoms with Gasteiger partial charge in [0.25, 0.3) is 10.0 Å². The van der Waals surface area contributed by atoms with Crippen LogP contribution in [0.1, 0.15) is 31.9 Å². The molecule has 0 aliphatic rings. The number of imidazole rings is 1. The molecule has 1 atom stereocenters. The van der Waals surface area contributed by atoms with Gasteiger partial charge in [-0.15, -0.1) is 0 Å². The number of fused-ring (bicyclic) bond motifs is 1. The lowest BCUT2D eigenvalue weighted by Gasteiger charge is -2.28. The van der Waals surface area contributed by atoms with Crippen LogP contribution in [0.5, 0.6) is 5.75 Å². The lowest BCUT2D eigenvalue weighted by Crippen LogP contribution is -2.42. The van der Waals surface area contributed by atoms with Crippen molar-refractivity contribution in [1.82, 2.24) is 14.9 Å². The number of hydrogen-bond donors (Lipinski definition) is 5. The number of anilines is 1. The van der Waals surface area contributed by atoms with E-state index in [1.807, 2.05) is 18.4 Å². The number of nitrogens with zero attached hydrogens (tertiary/aromatic N) is 2. The van der Waals surface area contributed by atoms with Crippen LogP contribution in [0.4, 0.5) is 23.7 Å². The van der Waals surface area contributed by atoms with Gasteiger partial charge in [-0.25, -0.2) is 23.0 Å². The second kappa shape index (κ2) is 14.8.